The second-order valence-corrected chi connectivity index (χ2v) is 9.88. The van der Waals surface area contributed by atoms with Gasteiger partial charge < -0.3 is 10.6 Å². The molecule has 2 amide bonds. The molecule has 1 aromatic heterocycles. The molecule has 30 heavy (non-hydrogen) atoms. The predicted octanol–water partition coefficient (Wildman–Crippen LogP) is 2.85. The molecule has 0 saturated heterocycles. The van der Waals surface area contributed by atoms with Crippen LogP contribution in [-0.4, -0.2) is 43.7 Å². The summed E-state index contributed by atoms with van der Waals surface area (Å²) in [5.41, 5.74) is 1.19. The lowest BCUT2D eigenvalue weighted by Crippen LogP contribution is -2.49. The van der Waals surface area contributed by atoms with Crippen molar-refractivity contribution in [1.29, 1.82) is 0 Å². The standard InChI is InChI=1S/C21H29N3O4S2/c1-5-24(6-2)30(27,28)18-9-7-8-17(12-18)20(25)23-19(15(3)4)21(26)22-13-16-10-11-29-14-16/h7-12,14-15,19H,5-6,13H2,1-4H3,(H,22,26)(H,23,25). The number of nitrogens with zero attached hydrogens (tertiary/aromatic N) is 1. The van der Waals surface area contributed by atoms with Crippen LogP contribution < -0.4 is 10.6 Å². The molecule has 9 heteroatoms. The van der Waals surface area contributed by atoms with Gasteiger partial charge >= 0.3 is 0 Å². The van der Waals surface area contributed by atoms with E-state index in [0.29, 0.717) is 19.6 Å². The van der Waals surface area contributed by atoms with Gasteiger partial charge in [-0.3, -0.25) is 9.59 Å². The average molecular weight is 452 g/mol. The van der Waals surface area contributed by atoms with Crippen LogP contribution in [0.1, 0.15) is 43.6 Å². The fourth-order valence-electron chi connectivity index (χ4n) is 2.96. The first-order valence-corrected chi connectivity index (χ1v) is 12.3. The third-order valence-corrected chi connectivity index (χ3v) is 7.50. The zero-order valence-corrected chi connectivity index (χ0v) is 19.3. The second-order valence-electron chi connectivity index (χ2n) is 7.16. The van der Waals surface area contributed by atoms with E-state index in [-0.39, 0.29) is 22.3 Å². The van der Waals surface area contributed by atoms with E-state index in [2.05, 4.69) is 10.6 Å². The van der Waals surface area contributed by atoms with Crippen molar-refractivity contribution in [3.8, 4) is 0 Å². The van der Waals surface area contributed by atoms with Crippen molar-refractivity contribution >= 4 is 33.2 Å². The molecule has 0 aliphatic rings. The summed E-state index contributed by atoms with van der Waals surface area (Å²) in [5, 5.41) is 9.46. The number of hydrogen-bond donors (Lipinski definition) is 2. The Morgan fingerprint density at radius 3 is 2.40 bits per heavy atom. The van der Waals surface area contributed by atoms with Gasteiger partial charge in [0.15, 0.2) is 0 Å². The molecule has 2 N–H and O–H groups in total. The van der Waals surface area contributed by atoms with Crippen molar-refractivity contribution in [2.45, 2.75) is 45.2 Å². The van der Waals surface area contributed by atoms with Gasteiger partial charge in [0.1, 0.15) is 6.04 Å². The van der Waals surface area contributed by atoms with Gasteiger partial charge in [0.25, 0.3) is 5.91 Å². The summed E-state index contributed by atoms with van der Waals surface area (Å²) in [6.07, 6.45) is 0. The summed E-state index contributed by atoms with van der Waals surface area (Å²) < 4.78 is 26.8. The van der Waals surface area contributed by atoms with Gasteiger partial charge in [-0.05, 0) is 46.5 Å². The monoisotopic (exact) mass is 451 g/mol. The first-order chi connectivity index (χ1) is 14.2. The third kappa shape index (κ3) is 5.90. The first-order valence-electron chi connectivity index (χ1n) is 9.90. The van der Waals surface area contributed by atoms with Crippen LogP contribution in [0, 0.1) is 5.92 Å². The van der Waals surface area contributed by atoms with Gasteiger partial charge in [0, 0.05) is 25.2 Å². The minimum atomic E-state index is -3.68. The van der Waals surface area contributed by atoms with Crippen LogP contribution in [0.4, 0.5) is 0 Å². The Morgan fingerprint density at radius 2 is 1.83 bits per heavy atom. The van der Waals surface area contributed by atoms with Gasteiger partial charge in [-0.1, -0.05) is 33.8 Å². The van der Waals surface area contributed by atoms with Gasteiger partial charge in [0.05, 0.1) is 4.90 Å². The van der Waals surface area contributed by atoms with Crippen molar-refractivity contribution in [2.24, 2.45) is 5.92 Å². The number of carbonyl (C=O) groups is 2. The predicted molar refractivity (Wildman–Crippen MR) is 119 cm³/mol. The zero-order chi connectivity index (χ0) is 22.3. The number of thiophene rings is 1. The van der Waals surface area contributed by atoms with Crippen molar-refractivity contribution in [2.75, 3.05) is 13.1 Å². The van der Waals surface area contributed by atoms with Crippen LogP contribution >= 0.6 is 11.3 Å². The molecule has 1 heterocycles. The summed E-state index contributed by atoms with van der Waals surface area (Å²) in [6.45, 7) is 8.29. The Bertz CT molecular complexity index is 952. The number of benzene rings is 1. The molecule has 0 saturated carbocycles. The largest absolute Gasteiger partial charge is 0.350 e. The summed E-state index contributed by atoms with van der Waals surface area (Å²) in [6, 6.07) is 7.08. The highest BCUT2D eigenvalue weighted by molar-refractivity contribution is 7.89. The Balaban J connectivity index is 2.15. The summed E-state index contributed by atoms with van der Waals surface area (Å²) in [4.78, 5) is 25.5. The molecule has 2 aromatic rings. The first kappa shape index (κ1) is 24.0. The van der Waals surface area contributed by atoms with E-state index < -0.39 is 22.0 Å². The van der Waals surface area contributed by atoms with E-state index in [1.165, 1.54) is 28.6 Å². The Kier molecular flexibility index (Phi) is 8.57. The quantitative estimate of drug-likeness (QED) is 0.581. The second kappa shape index (κ2) is 10.7. The number of hydrogen-bond acceptors (Lipinski definition) is 5. The fourth-order valence-corrected chi connectivity index (χ4v) is 5.14. The lowest BCUT2D eigenvalue weighted by atomic mass is 10.0. The van der Waals surface area contributed by atoms with Crippen molar-refractivity contribution in [3.63, 3.8) is 0 Å². The summed E-state index contributed by atoms with van der Waals surface area (Å²) in [5.74, 6) is -0.911. The van der Waals surface area contributed by atoms with Gasteiger partial charge in [-0.15, -0.1) is 0 Å². The molecule has 1 aromatic carbocycles. The molecule has 0 bridgehead atoms. The van der Waals surface area contributed by atoms with E-state index in [4.69, 9.17) is 0 Å². The van der Waals surface area contributed by atoms with Crippen molar-refractivity contribution < 1.29 is 18.0 Å². The minimum absolute atomic E-state index is 0.0573. The normalized spacial score (nSPS) is 12.7. The van der Waals surface area contributed by atoms with Crippen LogP contribution in [0.5, 0.6) is 0 Å². The lowest BCUT2D eigenvalue weighted by molar-refractivity contribution is -0.124. The van der Waals surface area contributed by atoms with E-state index in [1.807, 2.05) is 30.7 Å². The molecule has 2 rings (SSSR count). The molecule has 1 unspecified atom stereocenters. The van der Waals surface area contributed by atoms with Crippen molar-refractivity contribution in [3.05, 3.63) is 52.2 Å². The van der Waals surface area contributed by atoms with E-state index in [1.54, 1.807) is 25.2 Å². The molecule has 0 spiro atoms. The maximum Gasteiger partial charge on any atom is 0.251 e. The smallest absolute Gasteiger partial charge is 0.251 e. The molecule has 0 aliphatic heterocycles. The topological polar surface area (TPSA) is 95.6 Å². The van der Waals surface area contributed by atoms with Crippen molar-refractivity contribution in [1.82, 2.24) is 14.9 Å². The number of amides is 2. The van der Waals surface area contributed by atoms with Crippen LogP contribution in [-0.2, 0) is 21.4 Å². The van der Waals surface area contributed by atoms with E-state index >= 15 is 0 Å². The van der Waals surface area contributed by atoms with E-state index in [0.717, 1.165) is 5.56 Å². The van der Waals surface area contributed by atoms with Crippen LogP contribution in [0.25, 0.3) is 0 Å². The average Bonchev–Trinajstić information content (AvgIpc) is 3.24. The Morgan fingerprint density at radius 1 is 1.13 bits per heavy atom. The number of nitrogens with one attached hydrogen (secondary N) is 2. The molecule has 0 fully saturated rings. The molecular formula is C21H29N3O4S2. The Labute approximate surface area is 182 Å². The number of sulfonamides is 1. The van der Waals surface area contributed by atoms with E-state index in [9.17, 15) is 18.0 Å². The third-order valence-electron chi connectivity index (χ3n) is 4.72. The summed E-state index contributed by atoms with van der Waals surface area (Å²) in [7, 11) is -3.68. The number of carbonyl (C=O) groups excluding carboxylic acids is 2. The van der Waals surface area contributed by atoms with Crippen LogP contribution in [0.2, 0.25) is 0 Å². The maximum atomic E-state index is 12.8. The highest BCUT2D eigenvalue weighted by atomic mass is 32.2. The van der Waals surface area contributed by atoms with Gasteiger partial charge in [-0.2, -0.15) is 15.6 Å². The highest BCUT2D eigenvalue weighted by Gasteiger charge is 2.26. The van der Waals surface area contributed by atoms with Gasteiger partial charge in [0.2, 0.25) is 15.9 Å². The Hall–Kier alpha value is -2.23. The molecule has 0 aliphatic carbocycles. The lowest BCUT2D eigenvalue weighted by Gasteiger charge is -2.22. The molecule has 164 valence electrons. The molecule has 7 nitrogen and oxygen atoms in total. The molecular weight excluding hydrogens is 422 g/mol. The highest BCUT2D eigenvalue weighted by Crippen LogP contribution is 2.17. The van der Waals surface area contributed by atoms with Crippen LogP contribution in [0.15, 0.2) is 46.0 Å². The fraction of sp³-hybridized carbons (Fsp3) is 0.429. The summed E-state index contributed by atoms with van der Waals surface area (Å²) >= 11 is 1.55. The van der Waals surface area contributed by atoms with Gasteiger partial charge in [-0.25, -0.2) is 8.42 Å². The number of rotatable bonds is 10. The zero-order valence-electron chi connectivity index (χ0n) is 17.7. The minimum Gasteiger partial charge on any atom is -0.350 e. The SMILES string of the molecule is CCN(CC)S(=O)(=O)c1cccc(C(=O)NC(C(=O)NCc2ccsc2)C(C)C)c1. The molecule has 1 atom stereocenters. The maximum absolute atomic E-state index is 12.8. The molecule has 0 radical (unpaired) electrons. The van der Waals surface area contributed by atoms with Crippen LogP contribution in [0.3, 0.4) is 0 Å².